The first-order valence-corrected chi connectivity index (χ1v) is 7.87. The van der Waals surface area contributed by atoms with Crippen LogP contribution in [0.25, 0.3) is 0 Å². The van der Waals surface area contributed by atoms with E-state index in [2.05, 4.69) is 12.2 Å². The Morgan fingerprint density at radius 3 is 2.13 bits per heavy atom. The van der Waals surface area contributed by atoms with E-state index in [-0.39, 0.29) is 41.0 Å². The molecule has 4 atom stereocenters. The zero-order valence-corrected chi connectivity index (χ0v) is 12.8. The third kappa shape index (κ3) is 1.89. The number of carbonyl (C=O) groups excluding carboxylic acids is 3. The number of nitrogens with zero attached hydrogens (tertiary/aromatic N) is 1. The average molecular weight is 311 g/mol. The highest BCUT2D eigenvalue weighted by atomic mass is 16.5. The predicted octanol–water partition coefficient (Wildman–Crippen LogP) is 2.17. The zero-order valence-electron chi connectivity index (χ0n) is 12.8. The molecule has 1 aromatic carbocycles. The van der Waals surface area contributed by atoms with Gasteiger partial charge >= 0.3 is 5.97 Å². The molecule has 1 aromatic rings. The van der Waals surface area contributed by atoms with Gasteiger partial charge in [-0.2, -0.15) is 0 Å². The van der Waals surface area contributed by atoms with Crippen LogP contribution >= 0.6 is 0 Å². The van der Waals surface area contributed by atoms with E-state index in [0.717, 1.165) is 12.8 Å². The fraction of sp³-hybridized carbons (Fsp3) is 0.389. The number of ether oxygens (including phenoxy) is 1. The molecule has 1 aliphatic heterocycles. The molecule has 0 radical (unpaired) electrons. The molecule has 2 fully saturated rings. The molecule has 1 saturated heterocycles. The molecule has 0 spiro atoms. The van der Waals surface area contributed by atoms with Crippen molar-refractivity contribution in [3.8, 4) is 0 Å². The Morgan fingerprint density at radius 2 is 1.61 bits per heavy atom. The summed E-state index contributed by atoms with van der Waals surface area (Å²) in [6, 6.07) is 6.63. The van der Waals surface area contributed by atoms with Gasteiger partial charge < -0.3 is 4.74 Å². The van der Waals surface area contributed by atoms with Gasteiger partial charge in [0.1, 0.15) is 0 Å². The van der Waals surface area contributed by atoms with Crippen LogP contribution in [0.15, 0.2) is 36.4 Å². The summed E-state index contributed by atoms with van der Waals surface area (Å²) >= 11 is 0. The summed E-state index contributed by atoms with van der Waals surface area (Å²) in [5.41, 5.74) is 0.582. The minimum absolute atomic E-state index is 0.136. The Morgan fingerprint density at radius 1 is 1.04 bits per heavy atom. The topological polar surface area (TPSA) is 63.7 Å². The van der Waals surface area contributed by atoms with Gasteiger partial charge in [0, 0.05) is 0 Å². The van der Waals surface area contributed by atoms with Crippen LogP contribution < -0.4 is 4.90 Å². The second-order valence-electron chi connectivity index (χ2n) is 6.36. The Balaban J connectivity index is 1.79. The highest BCUT2D eigenvalue weighted by molar-refractivity contribution is 6.24. The van der Waals surface area contributed by atoms with Crippen LogP contribution in [0.5, 0.6) is 0 Å². The highest BCUT2D eigenvalue weighted by Crippen LogP contribution is 2.50. The van der Waals surface area contributed by atoms with Gasteiger partial charge in [-0.3, -0.25) is 9.59 Å². The van der Waals surface area contributed by atoms with Gasteiger partial charge in [0.15, 0.2) is 0 Å². The molecular formula is C18H17NO4. The molecule has 23 heavy (non-hydrogen) atoms. The number of anilines is 1. The molecule has 4 aliphatic rings. The van der Waals surface area contributed by atoms with Gasteiger partial charge in [-0.1, -0.05) is 24.3 Å². The van der Waals surface area contributed by atoms with E-state index in [1.54, 1.807) is 24.3 Å². The molecule has 3 aliphatic carbocycles. The van der Waals surface area contributed by atoms with Gasteiger partial charge in [-0.05, 0) is 36.8 Å². The van der Waals surface area contributed by atoms with E-state index >= 15 is 0 Å². The molecule has 5 nitrogen and oxygen atoms in total. The molecule has 0 aromatic heterocycles. The molecule has 5 rings (SSSR count). The standard InChI is InChI=1S/C18H17NO4/c1-23-18(22)12-4-2-3-5-13(12)19-16(20)14-10-6-7-11(9-8-10)15(14)17(19)21/h2-7,10-11,14-15H,8-9H2,1H3/t10-,11-,14+,15+/m0/s1. The molecule has 0 unspecified atom stereocenters. The van der Waals surface area contributed by atoms with Crippen molar-refractivity contribution in [2.75, 3.05) is 12.0 Å². The predicted molar refractivity (Wildman–Crippen MR) is 82.6 cm³/mol. The third-order valence-electron chi connectivity index (χ3n) is 5.31. The fourth-order valence-electron chi connectivity index (χ4n) is 4.26. The van der Waals surface area contributed by atoms with E-state index < -0.39 is 5.97 Å². The van der Waals surface area contributed by atoms with Crippen LogP contribution in [0.1, 0.15) is 23.2 Å². The summed E-state index contributed by atoms with van der Waals surface area (Å²) in [5.74, 6) is -1.20. The number of esters is 1. The monoisotopic (exact) mass is 311 g/mol. The van der Waals surface area contributed by atoms with Crippen molar-refractivity contribution in [3.63, 3.8) is 0 Å². The van der Waals surface area contributed by atoms with Gasteiger partial charge in [0.05, 0.1) is 30.2 Å². The van der Waals surface area contributed by atoms with Crippen molar-refractivity contribution in [2.45, 2.75) is 12.8 Å². The molecular weight excluding hydrogens is 294 g/mol. The molecule has 0 N–H and O–H groups in total. The second kappa shape index (κ2) is 5.05. The number of fused-ring (bicyclic) bond motifs is 1. The van der Waals surface area contributed by atoms with E-state index in [9.17, 15) is 14.4 Å². The molecule has 1 heterocycles. The van der Waals surface area contributed by atoms with Crippen LogP contribution in [0.3, 0.4) is 0 Å². The first kappa shape index (κ1) is 14.2. The van der Waals surface area contributed by atoms with Crippen molar-refractivity contribution >= 4 is 23.5 Å². The zero-order chi connectivity index (χ0) is 16.1. The van der Waals surface area contributed by atoms with Crippen LogP contribution in [0, 0.1) is 23.7 Å². The van der Waals surface area contributed by atoms with Gasteiger partial charge in [-0.25, -0.2) is 9.69 Å². The Hall–Kier alpha value is -2.43. The van der Waals surface area contributed by atoms with Gasteiger partial charge in [0.25, 0.3) is 0 Å². The van der Waals surface area contributed by atoms with Gasteiger partial charge in [-0.15, -0.1) is 0 Å². The Labute approximate surface area is 133 Å². The first-order valence-electron chi connectivity index (χ1n) is 7.87. The number of carbonyl (C=O) groups is 3. The van der Waals surface area contributed by atoms with E-state index in [1.165, 1.54) is 12.0 Å². The quantitative estimate of drug-likeness (QED) is 0.477. The molecule has 5 heteroatoms. The summed E-state index contributed by atoms with van der Waals surface area (Å²) in [6.45, 7) is 0. The van der Waals surface area contributed by atoms with Crippen molar-refractivity contribution in [1.29, 1.82) is 0 Å². The van der Waals surface area contributed by atoms with Crippen molar-refractivity contribution in [3.05, 3.63) is 42.0 Å². The lowest BCUT2D eigenvalue weighted by atomic mass is 9.63. The maximum atomic E-state index is 12.9. The summed E-state index contributed by atoms with van der Waals surface area (Å²) in [4.78, 5) is 39.0. The maximum Gasteiger partial charge on any atom is 0.339 e. The number of hydrogen-bond donors (Lipinski definition) is 0. The maximum absolute atomic E-state index is 12.9. The number of amides is 2. The number of para-hydroxylation sites is 1. The summed E-state index contributed by atoms with van der Waals surface area (Å²) in [6.07, 6.45) is 6.06. The van der Waals surface area contributed by atoms with Crippen LogP contribution in [-0.4, -0.2) is 24.9 Å². The van der Waals surface area contributed by atoms with Gasteiger partial charge in [0.2, 0.25) is 11.8 Å². The lowest BCUT2D eigenvalue weighted by Crippen LogP contribution is -2.38. The summed E-state index contributed by atoms with van der Waals surface area (Å²) in [5, 5.41) is 0. The summed E-state index contributed by atoms with van der Waals surface area (Å²) < 4.78 is 4.78. The number of allylic oxidation sites excluding steroid dienone is 2. The number of rotatable bonds is 2. The minimum Gasteiger partial charge on any atom is -0.465 e. The van der Waals surface area contributed by atoms with Crippen molar-refractivity contribution in [2.24, 2.45) is 23.7 Å². The highest BCUT2D eigenvalue weighted by Gasteiger charge is 2.57. The number of imide groups is 1. The lowest BCUT2D eigenvalue weighted by Gasteiger charge is -2.38. The fourth-order valence-corrected chi connectivity index (χ4v) is 4.26. The number of hydrogen-bond acceptors (Lipinski definition) is 4. The van der Waals surface area contributed by atoms with E-state index in [4.69, 9.17) is 4.74 Å². The first-order chi connectivity index (χ1) is 11.1. The van der Waals surface area contributed by atoms with E-state index in [0.29, 0.717) is 5.69 Å². The van der Waals surface area contributed by atoms with Crippen LogP contribution in [-0.2, 0) is 14.3 Å². The second-order valence-corrected chi connectivity index (χ2v) is 6.36. The van der Waals surface area contributed by atoms with Crippen molar-refractivity contribution in [1.82, 2.24) is 0 Å². The minimum atomic E-state index is -0.544. The van der Waals surface area contributed by atoms with Crippen LogP contribution in [0.2, 0.25) is 0 Å². The van der Waals surface area contributed by atoms with Crippen molar-refractivity contribution < 1.29 is 19.1 Å². The SMILES string of the molecule is COC(=O)c1ccccc1N1C(=O)[C@H]2[C@H](C1=O)[C@H]1C=C[C@H]2CC1. The summed E-state index contributed by atoms with van der Waals surface area (Å²) in [7, 11) is 1.29. The largest absolute Gasteiger partial charge is 0.465 e. The Bertz CT molecular complexity index is 706. The van der Waals surface area contributed by atoms with E-state index in [1.807, 2.05) is 0 Å². The van der Waals surface area contributed by atoms with Crippen LogP contribution in [0.4, 0.5) is 5.69 Å². The number of methoxy groups -OCH3 is 1. The smallest absolute Gasteiger partial charge is 0.339 e. The normalized spacial score (nSPS) is 31.4. The lowest BCUT2D eigenvalue weighted by molar-refractivity contribution is -0.124. The third-order valence-corrected chi connectivity index (χ3v) is 5.31. The Kier molecular flexibility index (Phi) is 3.11. The average Bonchev–Trinajstić information content (AvgIpc) is 2.88. The molecule has 118 valence electrons. The molecule has 2 bridgehead atoms. The molecule has 2 amide bonds. The number of benzene rings is 1. The molecule has 1 saturated carbocycles.